The molecule has 14 heavy (non-hydrogen) atoms. The summed E-state index contributed by atoms with van der Waals surface area (Å²) in [5, 5.41) is 0. The van der Waals surface area contributed by atoms with Gasteiger partial charge in [-0.3, -0.25) is 0 Å². The summed E-state index contributed by atoms with van der Waals surface area (Å²) in [6.07, 6.45) is 2.98. The molecule has 0 aliphatic heterocycles. The number of rotatable bonds is 1. The highest BCUT2D eigenvalue weighted by Gasteiger charge is 2.26. The molecule has 2 atom stereocenters. The van der Waals surface area contributed by atoms with Gasteiger partial charge in [0.25, 0.3) is 0 Å². The molecule has 1 aromatic rings. The molecule has 1 saturated carbocycles. The zero-order valence-corrected chi connectivity index (χ0v) is 10.00. The van der Waals surface area contributed by atoms with Crippen LogP contribution in [0.25, 0.3) is 0 Å². The minimum atomic E-state index is -0.0731. The molecular formula is C11H13FIN. The fraction of sp³-hybridized carbons (Fsp3) is 0.455. The fourth-order valence-corrected chi connectivity index (χ4v) is 3.08. The largest absolute Gasteiger partial charge is 0.328 e. The van der Waals surface area contributed by atoms with Crippen molar-refractivity contribution in [1.29, 1.82) is 0 Å². The summed E-state index contributed by atoms with van der Waals surface area (Å²) in [4.78, 5) is 0. The van der Waals surface area contributed by atoms with Crippen molar-refractivity contribution >= 4 is 22.6 Å². The molecular weight excluding hydrogens is 292 g/mol. The Morgan fingerprint density at radius 3 is 2.71 bits per heavy atom. The lowest BCUT2D eigenvalue weighted by Crippen LogP contribution is -2.14. The molecule has 1 aliphatic carbocycles. The standard InChI is InChI=1S/C11H13FIN/c12-9-2-1-3-10(13)11(9)7-4-5-8(14)6-7/h1-3,7-8H,4-6,14H2. The van der Waals surface area contributed by atoms with Crippen molar-refractivity contribution in [1.82, 2.24) is 0 Å². The van der Waals surface area contributed by atoms with E-state index in [-0.39, 0.29) is 11.9 Å². The van der Waals surface area contributed by atoms with Crippen LogP contribution in [0.5, 0.6) is 0 Å². The zero-order chi connectivity index (χ0) is 10.1. The molecule has 0 aromatic heterocycles. The summed E-state index contributed by atoms with van der Waals surface area (Å²) in [5.74, 6) is 0.258. The summed E-state index contributed by atoms with van der Waals surface area (Å²) in [5.41, 5.74) is 6.71. The maximum Gasteiger partial charge on any atom is 0.127 e. The van der Waals surface area contributed by atoms with Crippen molar-refractivity contribution in [2.45, 2.75) is 31.2 Å². The van der Waals surface area contributed by atoms with Crippen molar-refractivity contribution < 1.29 is 4.39 Å². The van der Waals surface area contributed by atoms with Gasteiger partial charge < -0.3 is 5.73 Å². The second-order valence-electron chi connectivity index (χ2n) is 3.91. The van der Waals surface area contributed by atoms with E-state index in [0.29, 0.717) is 5.92 Å². The van der Waals surface area contributed by atoms with Gasteiger partial charge in [0.05, 0.1) is 0 Å². The Morgan fingerprint density at radius 2 is 2.14 bits per heavy atom. The predicted molar refractivity (Wildman–Crippen MR) is 63.7 cm³/mol. The van der Waals surface area contributed by atoms with Crippen LogP contribution in [-0.4, -0.2) is 6.04 Å². The number of hydrogen-bond acceptors (Lipinski definition) is 1. The Balaban J connectivity index is 2.31. The van der Waals surface area contributed by atoms with E-state index in [1.807, 2.05) is 6.07 Å². The van der Waals surface area contributed by atoms with Crippen molar-refractivity contribution in [3.05, 3.63) is 33.1 Å². The molecule has 0 amide bonds. The molecule has 2 rings (SSSR count). The van der Waals surface area contributed by atoms with Crippen LogP contribution >= 0.6 is 22.6 Å². The van der Waals surface area contributed by atoms with Gasteiger partial charge in [-0.2, -0.15) is 0 Å². The van der Waals surface area contributed by atoms with Gasteiger partial charge >= 0.3 is 0 Å². The molecule has 0 bridgehead atoms. The average molecular weight is 305 g/mol. The molecule has 2 unspecified atom stereocenters. The topological polar surface area (TPSA) is 26.0 Å². The van der Waals surface area contributed by atoms with Crippen molar-refractivity contribution in [2.75, 3.05) is 0 Å². The Morgan fingerprint density at radius 1 is 1.36 bits per heavy atom. The molecule has 1 aliphatic rings. The Kier molecular flexibility index (Phi) is 3.07. The molecule has 0 spiro atoms. The number of hydrogen-bond donors (Lipinski definition) is 1. The SMILES string of the molecule is NC1CCC(c2c(F)cccc2I)C1. The Bertz CT molecular complexity index is 320. The van der Waals surface area contributed by atoms with E-state index in [1.165, 1.54) is 0 Å². The predicted octanol–water partition coefficient (Wildman–Crippen LogP) is 3.03. The van der Waals surface area contributed by atoms with Crippen LogP contribution in [0.2, 0.25) is 0 Å². The summed E-state index contributed by atoms with van der Waals surface area (Å²) < 4.78 is 14.6. The highest BCUT2D eigenvalue weighted by molar-refractivity contribution is 14.1. The van der Waals surface area contributed by atoms with E-state index in [0.717, 1.165) is 28.4 Å². The van der Waals surface area contributed by atoms with Gasteiger partial charge in [-0.1, -0.05) is 6.07 Å². The summed E-state index contributed by atoms with van der Waals surface area (Å²) >= 11 is 2.20. The van der Waals surface area contributed by atoms with E-state index in [9.17, 15) is 4.39 Å². The zero-order valence-electron chi connectivity index (χ0n) is 7.84. The van der Waals surface area contributed by atoms with Gasteiger partial charge in [0, 0.05) is 15.2 Å². The van der Waals surface area contributed by atoms with Gasteiger partial charge in [0.1, 0.15) is 5.82 Å². The number of nitrogens with two attached hydrogens (primary N) is 1. The first-order valence-electron chi connectivity index (χ1n) is 4.88. The molecule has 0 saturated heterocycles. The Labute approximate surface area is 97.0 Å². The lowest BCUT2D eigenvalue weighted by atomic mass is 9.97. The van der Waals surface area contributed by atoms with Crippen LogP contribution in [0, 0.1) is 9.39 Å². The molecule has 3 heteroatoms. The lowest BCUT2D eigenvalue weighted by Gasteiger charge is -2.13. The van der Waals surface area contributed by atoms with Crippen molar-refractivity contribution in [3.63, 3.8) is 0 Å². The van der Waals surface area contributed by atoms with Gasteiger partial charge in [0.15, 0.2) is 0 Å². The minimum Gasteiger partial charge on any atom is -0.328 e. The average Bonchev–Trinajstić information content (AvgIpc) is 2.51. The van der Waals surface area contributed by atoms with Crippen LogP contribution in [0.3, 0.4) is 0 Å². The fourth-order valence-electron chi connectivity index (χ4n) is 2.18. The summed E-state index contributed by atoms with van der Waals surface area (Å²) in [6, 6.07) is 5.52. The van der Waals surface area contributed by atoms with Gasteiger partial charge in [-0.15, -0.1) is 0 Å². The van der Waals surface area contributed by atoms with E-state index >= 15 is 0 Å². The molecule has 1 nitrogen and oxygen atoms in total. The third-order valence-electron chi connectivity index (χ3n) is 2.88. The Hall–Kier alpha value is -0.160. The first-order valence-corrected chi connectivity index (χ1v) is 5.96. The first kappa shape index (κ1) is 10.4. The molecule has 76 valence electrons. The minimum absolute atomic E-state index is 0.0731. The molecule has 1 aromatic carbocycles. The van der Waals surface area contributed by atoms with Crippen LogP contribution in [-0.2, 0) is 0 Å². The quantitative estimate of drug-likeness (QED) is 0.793. The maximum atomic E-state index is 13.6. The molecule has 1 fully saturated rings. The van der Waals surface area contributed by atoms with Crippen LogP contribution < -0.4 is 5.73 Å². The smallest absolute Gasteiger partial charge is 0.127 e. The van der Waals surface area contributed by atoms with Crippen LogP contribution in [0.4, 0.5) is 4.39 Å². The summed E-state index contributed by atoms with van der Waals surface area (Å²) in [6.45, 7) is 0. The van der Waals surface area contributed by atoms with Crippen LogP contribution in [0.1, 0.15) is 30.7 Å². The third-order valence-corrected chi connectivity index (χ3v) is 3.82. The third kappa shape index (κ3) is 1.93. The monoisotopic (exact) mass is 305 g/mol. The van der Waals surface area contributed by atoms with E-state index in [1.54, 1.807) is 12.1 Å². The first-order chi connectivity index (χ1) is 6.68. The summed E-state index contributed by atoms with van der Waals surface area (Å²) in [7, 11) is 0. The lowest BCUT2D eigenvalue weighted by molar-refractivity contribution is 0.573. The normalized spacial score (nSPS) is 26.8. The van der Waals surface area contributed by atoms with E-state index in [4.69, 9.17) is 5.73 Å². The number of benzene rings is 1. The highest BCUT2D eigenvalue weighted by atomic mass is 127. The van der Waals surface area contributed by atoms with E-state index < -0.39 is 0 Å². The van der Waals surface area contributed by atoms with Gasteiger partial charge in [-0.25, -0.2) is 4.39 Å². The van der Waals surface area contributed by atoms with Gasteiger partial charge in [-0.05, 0) is 59.9 Å². The number of halogens is 2. The molecule has 0 heterocycles. The van der Waals surface area contributed by atoms with Crippen molar-refractivity contribution in [2.24, 2.45) is 5.73 Å². The van der Waals surface area contributed by atoms with E-state index in [2.05, 4.69) is 22.6 Å². The molecule has 0 radical (unpaired) electrons. The second kappa shape index (κ2) is 4.14. The second-order valence-corrected chi connectivity index (χ2v) is 5.07. The highest BCUT2D eigenvalue weighted by Crippen LogP contribution is 2.37. The maximum absolute atomic E-state index is 13.6. The van der Waals surface area contributed by atoms with Crippen LogP contribution in [0.15, 0.2) is 18.2 Å². The van der Waals surface area contributed by atoms with Gasteiger partial charge in [0.2, 0.25) is 0 Å². The molecule has 2 N–H and O–H groups in total. The van der Waals surface area contributed by atoms with Crippen molar-refractivity contribution in [3.8, 4) is 0 Å².